The van der Waals surface area contributed by atoms with Crippen LogP contribution < -0.4 is 16.0 Å². The van der Waals surface area contributed by atoms with Crippen LogP contribution in [0.15, 0.2) is 24.3 Å². The Balaban J connectivity index is 2.80. The highest BCUT2D eigenvalue weighted by Crippen LogP contribution is 2.13. The fraction of sp³-hybridized carbons (Fsp3) is 0.143. The van der Waals surface area contributed by atoms with Crippen LogP contribution in [0.5, 0.6) is 5.75 Å². The maximum atomic E-state index is 6.78. The SMILES string of the molecule is COc1ccc(N[NH])cc1. The van der Waals surface area contributed by atoms with Gasteiger partial charge in [-0.15, -0.1) is 0 Å². The summed E-state index contributed by atoms with van der Waals surface area (Å²) in [6.07, 6.45) is 0. The van der Waals surface area contributed by atoms with Crippen molar-refractivity contribution in [3.05, 3.63) is 24.3 Å². The van der Waals surface area contributed by atoms with Crippen LogP contribution in [-0.4, -0.2) is 7.11 Å². The molecule has 0 saturated heterocycles. The number of methoxy groups -OCH3 is 1. The molecule has 0 aromatic heterocycles. The van der Waals surface area contributed by atoms with E-state index in [4.69, 9.17) is 10.6 Å². The smallest absolute Gasteiger partial charge is 0.119 e. The molecule has 0 saturated carbocycles. The average Bonchev–Trinajstić information content (AvgIpc) is 2.05. The summed E-state index contributed by atoms with van der Waals surface area (Å²) in [5.74, 6) is 7.59. The van der Waals surface area contributed by atoms with Gasteiger partial charge < -0.3 is 10.2 Å². The van der Waals surface area contributed by atoms with E-state index in [-0.39, 0.29) is 0 Å². The van der Waals surface area contributed by atoms with Crippen LogP contribution >= 0.6 is 0 Å². The number of hydrogen-bond donors (Lipinski definition) is 1. The molecule has 10 heavy (non-hydrogen) atoms. The molecule has 0 unspecified atom stereocenters. The number of anilines is 1. The van der Waals surface area contributed by atoms with Crippen LogP contribution in [0.2, 0.25) is 0 Å². The standard InChI is InChI=1S/C7H9N2O/c1-10-7-4-2-6(9-8)3-5-7/h2-5,8-9H,1H3. The second-order valence-corrected chi connectivity index (χ2v) is 1.85. The molecule has 0 spiro atoms. The van der Waals surface area contributed by atoms with Gasteiger partial charge in [-0.1, -0.05) is 0 Å². The number of ether oxygens (including phenoxy) is 1. The molecule has 0 heterocycles. The zero-order valence-electron chi connectivity index (χ0n) is 5.72. The number of rotatable bonds is 2. The van der Waals surface area contributed by atoms with Gasteiger partial charge in [-0.3, -0.25) is 0 Å². The van der Waals surface area contributed by atoms with Crippen molar-refractivity contribution in [2.24, 2.45) is 0 Å². The topological polar surface area (TPSA) is 45.1 Å². The van der Waals surface area contributed by atoms with Gasteiger partial charge >= 0.3 is 0 Å². The lowest BCUT2D eigenvalue weighted by Crippen LogP contribution is -1.91. The maximum absolute atomic E-state index is 6.78. The summed E-state index contributed by atoms with van der Waals surface area (Å²) in [6.45, 7) is 0. The van der Waals surface area contributed by atoms with Crippen molar-refractivity contribution in [3.63, 3.8) is 0 Å². The van der Waals surface area contributed by atoms with Crippen molar-refractivity contribution in [2.45, 2.75) is 0 Å². The summed E-state index contributed by atoms with van der Waals surface area (Å²) in [6, 6.07) is 7.17. The fourth-order valence-corrected chi connectivity index (χ4v) is 0.674. The molecule has 0 aliphatic heterocycles. The van der Waals surface area contributed by atoms with E-state index in [1.807, 2.05) is 0 Å². The van der Waals surface area contributed by atoms with Crippen LogP contribution in [0.1, 0.15) is 0 Å². The molecule has 0 amide bonds. The predicted molar refractivity (Wildman–Crippen MR) is 39.7 cm³/mol. The maximum Gasteiger partial charge on any atom is 0.119 e. The molecule has 1 aromatic rings. The summed E-state index contributed by atoms with van der Waals surface area (Å²) in [5.41, 5.74) is 3.04. The lowest BCUT2D eigenvalue weighted by atomic mass is 10.3. The Morgan fingerprint density at radius 1 is 1.30 bits per heavy atom. The van der Waals surface area contributed by atoms with Crippen LogP contribution in [0.25, 0.3) is 0 Å². The summed E-state index contributed by atoms with van der Waals surface area (Å²) in [7, 11) is 1.61. The number of nitrogens with one attached hydrogen (secondary N) is 2. The van der Waals surface area contributed by atoms with Crippen molar-refractivity contribution < 1.29 is 4.74 Å². The van der Waals surface area contributed by atoms with E-state index in [2.05, 4.69) is 5.43 Å². The van der Waals surface area contributed by atoms with Crippen molar-refractivity contribution in [3.8, 4) is 5.75 Å². The average molecular weight is 137 g/mol. The normalized spacial score (nSPS) is 9.00. The Morgan fingerprint density at radius 3 is 2.30 bits per heavy atom. The first-order valence-electron chi connectivity index (χ1n) is 2.93. The molecular weight excluding hydrogens is 128 g/mol. The van der Waals surface area contributed by atoms with E-state index in [9.17, 15) is 0 Å². The third kappa shape index (κ3) is 1.39. The molecule has 0 atom stereocenters. The van der Waals surface area contributed by atoms with Crippen molar-refractivity contribution in [1.82, 2.24) is 5.84 Å². The first-order valence-corrected chi connectivity index (χ1v) is 2.93. The van der Waals surface area contributed by atoms with Crippen molar-refractivity contribution in [2.75, 3.05) is 12.5 Å². The second-order valence-electron chi connectivity index (χ2n) is 1.85. The highest BCUT2D eigenvalue weighted by molar-refractivity contribution is 5.44. The van der Waals surface area contributed by atoms with Gasteiger partial charge in [-0.2, -0.15) is 5.84 Å². The van der Waals surface area contributed by atoms with Crippen LogP contribution in [-0.2, 0) is 0 Å². The molecule has 3 nitrogen and oxygen atoms in total. The van der Waals surface area contributed by atoms with Gasteiger partial charge in [0.1, 0.15) is 5.75 Å². The van der Waals surface area contributed by atoms with Gasteiger partial charge in [-0.25, -0.2) is 0 Å². The molecule has 1 aromatic carbocycles. The minimum absolute atomic E-state index is 0.765. The first-order chi connectivity index (χ1) is 4.86. The lowest BCUT2D eigenvalue weighted by Gasteiger charge is -2.00. The van der Waals surface area contributed by atoms with E-state index >= 15 is 0 Å². The molecule has 0 aliphatic rings. The first kappa shape index (κ1) is 6.89. The second kappa shape index (κ2) is 3.08. The fourth-order valence-electron chi connectivity index (χ4n) is 0.674. The minimum Gasteiger partial charge on any atom is -0.497 e. The molecule has 0 fully saturated rings. The Morgan fingerprint density at radius 2 is 1.90 bits per heavy atom. The lowest BCUT2D eigenvalue weighted by molar-refractivity contribution is 0.415. The largest absolute Gasteiger partial charge is 0.497 e. The Bertz CT molecular complexity index is 172. The van der Waals surface area contributed by atoms with Gasteiger partial charge in [-0.05, 0) is 24.3 Å². The molecule has 0 bridgehead atoms. The van der Waals surface area contributed by atoms with Crippen molar-refractivity contribution >= 4 is 5.69 Å². The molecule has 2 N–H and O–H groups in total. The summed E-state index contributed by atoms with van der Waals surface area (Å²) in [4.78, 5) is 0. The molecule has 1 rings (SSSR count). The van der Waals surface area contributed by atoms with Gasteiger partial charge in [0.25, 0.3) is 0 Å². The van der Waals surface area contributed by atoms with Crippen LogP contribution in [0.3, 0.4) is 0 Å². The number of hydrogen-bond acceptors (Lipinski definition) is 2. The van der Waals surface area contributed by atoms with Gasteiger partial charge in [0.15, 0.2) is 0 Å². The quantitative estimate of drug-likeness (QED) is 0.624. The van der Waals surface area contributed by atoms with E-state index in [0.717, 1.165) is 11.4 Å². The molecule has 1 radical (unpaired) electrons. The van der Waals surface area contributed by atoms with E-state index in [1.54, 1.807) is 31.4 Å². The zero-order chi connectivity index (χ0) is 7.40. The van der Waals surface area contributed by atoms with Crippen LogP contribution in [0, 0.1) is 0 Å². The van der Waals surface area contributed by atoms with Gasteiger partial charge in [0.2, 0.25) is 0 Å². The monoisotopic (exact) mass is 137 g/mol. The third-order valence-electron chi connectivity index (χ3n) is 1.23. The Hall–Kier alpha value is -1.22. The molecule has 0 aliphatic carbocycles. The Kier molecular flexibility index (Phi) is 2.12. The van der Waals surface area contributed by atoms with Crippen molar-refractivity contribution in [1.29, 1.82) is 0 Å². The van der Waals surface area contributed by atoms with Gasteiger partial charge in [0, 0.05) is 0 Å². The Labute approximate surface area is 59.8 Å². The zero-order valence-corrected chi connectivity index (χ0v) is 5.72. The van der Waals surface area contributed by atoms with Gasteiger partial charge in [0.05, 0.1) is 12.8 Å². The molecule has 53 valence electrons. The summed E-state index contributed by atoms with van der Waals surface area (Å²) >= 11 is 0. The third-order valence-corrected chi connectivity index (χ3v) is 1.23. The molecular formula is C7H9N2O. The highest BCUT2D eigenvalue weighted by atomic mass is 16.5. The predicted octanol–water partition coefficient (Wildman–Crippen LogP) is 1.30. The molecule has 3 heteroatoms. The van der Waals surface area contributed by atoms with E-state index in [1.165, 1.54) is 0 Å². The summed E-state index contributed by atoms with van der Waals surface area (Å²) < 4.78 is 4.92. The van der Waals surface area contributed by atoms with E-state index in [0.29, 0.717) is 0 Å². The van der Waals surface area contributed by atoms with E-state index < -0.39 is 0 Å². The van der Waals surface area contributed by atoms with Crippen LogP contribution in [0.4, 0.5) is 5.69 Å². The number of benzene rings is 1. The summed E-state index contributed by atoms with van der Waals surface area (Å²) in [5, 5.41) is 0. The minimum atomic E-state index is 0.765. The highest BCUT2D eigenvalue weighted by Gasteiger charge is 1.89.